The zero-order valence-corrected chi connectivity index (χ0v) is 1.99. The van der Waals surface area contributed by atoms with Crippen LogP contribution in [0.25, 0.3) is 0 Å². The molecule has 0 aromatic carbocycles. The molecule has 0 amide bonds. The molecule has 0 aliphatic rings. The van der Waals surface area contributed by atoms with Crippen LogP contribution in [0.5, 0.6) is 0 Å². The Hall–Kier alpha value is 1.90. The first-order chi connectivity index (χ1) is 1.41. The molecule has 0 atom stereocenters. The molecule has 0 rings (SSSR count). The fourth-order valence-electron chi connectivity index (χ4n) is 0. The summed E-state index contributed by atoms with van der Waals surface area (Å²) in [4.78, 5) is 8.81. The zero-order chi connectivity index (χ0) is 2.71. The molecule has 0 bridgehead atoms. The van der Waals surface area contributed by atoms with E-state index in [0.29, 0.717) is 0 Å². The van der Waals surface area contributed by atoms with Gasteiger partial charge in [-0.1, -0.05) is 0 Å². The van der Waals surface area contributed by atoms with Crippen LogP contribution in [-0.4, -0.2) is 76.5 Å². The van der Waals surface area contributed by atoms with Crippen molar-refractivity contribution in [3.8, 4) is 0 Å². The summed E-state index contributed by atoms with van der Waals surface area (Å²) in [5.74, 6) is 0. The van der Waals surface area contributed by atoms with Gasteiger partial charge in [-0.15, -0.1) is 0 Å². The molecule has 5 heavy (non-hydrogen) atoms. The average Bonchev–Trinajstić information content (AvgIpc) is 0.918. The van der Waals surface area contributed by atoms with Crippen LogP contribution in [0.1, 0.15) is 6.92 Å². The summed E-state index contributed by atoms with van der Waals surface area (Å²) in [6.45, 7) is 1.44. The van der Waals surface area contributed by atoms with Gasteiger partial charge in [-0.3, -0.25) is 0 Å². The summed E-state index contributed by atoms with van der Waals surface area (Å²) in [7, 11) is 0. The molecule has 0 heterocycles. The van der Waals surface area contributed by atoms with Crippen molar-refractivity contribution in [2.45, 2.75) is 6.92 Å². The third kappa shape index (κ3) is 24.8. The standard InChI is InChI=1S/C2H4O.K.Li.2H/c1-2-3;;;;/h2H,1H3;;;;. The van der Waals surface area contributed by atoms with E-state index in [1.807, 2.05) is 0 Å². The monoisotopic (exact) mass is 92.0 g/mol. The number of hydrogen-bond donors (Lipinski definition) is 0. The van der Waals surface area contributed by atoms with Gasteiger partial charge in [0.25, 0.3) is 0 Å². The maximum atomic E-state index is 8.81. The van der Waals surface area contributed by atoms with E-state index in [-0.39, 0.29) is 70.2 Å². The molecular weight excluding hydrogens is 86.1 g/mol. The van der Waals surface area contributed by atoms with E-state index in [2.05, 4.69) is 0 Å². The van der Waals surface area contributed by atoms with E-state index < -0.39 is 0 Å². The first-order valence-corrected chi connectivity index (χ1v) is 0.813. The van der Waals surface area contributed by atoms with Gasteiger partial charge in [0, 0.05) is 0 Å². The van der Waals surface area contributed by atoms with Crippen molar-refractivity contribution in [1.82, 2.24) is 0 Å². The third-order valence-electron chi connectivity index (χ3n) is 0. The van der Waals surface area contributed by atoms with E-state index in [1.165, 1.54) is 6.92 Å². The Morgan fingerprint density at radius 3 is 1.60 bits per heavy atom. The molecule has 0 saturated heterocycles. The van der Waals surface area contributed by atoms with Crippen molar-refractivity contribution in [2.24, 2.45) is 0 Å². The molecule has 0 aliphatic heterocycles. The molecular formula is C2H6KLiO. The summed E-state index contributed by atoms with van der Waals surface area (Å²) in [5.41, 5.74) is 0. The maximum absolute atomic E-state index is 8.81. The van der Waals surface area contributed by atoms with Gasteiger partial charge in [-0.25, -0.2) is 0 Å². The summed E-state index contributed by atoms with van der Waals surface area (Å²) in [6, 6.07) is 0. The van der Waals surface area contributed by atoms with Crippen LogP contribution >= 0.6 is 0 Å². The summed E-state index contributed by atoms with van der Waals surface area (Å²) in [5, 5.41) is 0. The molecule has 0 spiro atoms. The van der Waals surface area contributed by atoms with E-state index in [1.54, 1.807) is 0 Å². The van der Waals surface area contributed by atoms with Gasteiger partial charge in [-0.2, -0.15) is 0 Å². The molecule has 0 N–H and O–H groups in total. The molecule has 3 heteroatoms. The Bertz CT molecular complexity index is 17.1. The van der Waals surface area contributed by atoms with Gasteiger partial charge in [-0.05, 0) is 6.92 Å². The molecule has 0 aliphatic carbocycles. The SMILES string of the molecule is CC=O.[KH].[LiH]. The van der Waals surface area contributed by atoms with Gasteiger partial charge in [0.15, 0.2) is 0 Å². The predicted octanol–water partition coefficient (Wildman–Crippen LogP) is -1.09. The average molecular weight is 92.1 g/mol. The Morgan fingerprint density at radius 2 is 1.60 bits per heavy atom. The van der Waals surface area contributed by atoms with Crippen LogP contribution in [0.4, 0.5) is 0 Å². The van der Waals surface area contributed by atoms with E-state index in [4.69, 9.17) is 4.79 Å². The zero-order valence-electron chi connectivity index (χ0n) is 1.99. The molecule has 0 fully saturated rings. The quantitative estimate of drug-likeness (QED) is 0.274. The Morgan fingerprint density at radius 1 is 1.60 bits per heavy atom. The van der Waals surface area contributed by atoms with E-state index in [0.717, 1.165) is 6.29 Å². The molecule has 0 aromatic heterocycles. The second-order valence-corrected chi connectivity index (χ2v) is 0.236. The fraction of sp³-hybridized carbons (Fsp3) is 0.500. The fourth-order valence-corrected chi connectivity index (χ4v) is 0. The van der Waals surface area contributed by atoms with Gasteiger partial charge in [0.05, 0.1) is 0 Å². The normalized spacial score (nSPS) is 2.60. The Labute approximate surface area is 86.5 Å². The van der Waals surface area contributed by atoms with Crippen molar-refractivity contribution in [3.05, 3.63) is 0 Å². The number of aldehydes is 1. The third-order valence-corrected chi connectivity index (χ3v) is 0. The topological polar surface area (TPSA) is 17.1 Å². The predicted molar refractivity (Wildman–Crippen MR) is 26.0 cm³/mol. The molecule has 0 unspecified atom stereocenters. The molecule has 1 nitrogen and oxygen atoms in total. The van der Waals surface area contributed by atoms with Crippen LogP contribution in [-0.2, 0) is 4.79 Å². The van der Waals surface area contributed by atoms with Crippen LogP contribution < -0.4 is 0 Å². The summed E-state index contributed by atoms with van der Waals surface area (Å²) < 4.78 is 0. The van der Waals surface area contributed by atoms with Crippen LogP contribution in [0.2, 0.25) is 0 Å². The van der Waals surface area contributed by atoms with Crippen LogP contribution in [0, 0.1) is 0 Å². The molecule has 0 saturated carbocycles. The number of rotatable bonds is 0. The van der Waals surface area contributed by atoms with Crippen LogP contribution in [0.15, 0.2) is 0 Å². The molecule has 0 radical (unpaired) electrons. The van der Waals surface area contributed by atoms with Crippen molar-refractivity contribution in [2.75, 3.05) is 0 Å². The minimum atomic E-state index is 0. The first kappa shape index (κ1) is 15.8. The molecule has 22 valence electrons. The van der Waals surface area contributed by atoms with Crippen molar-refractivity contribution >= 4 is 76.5 Å². The van der Waals surface area contributed by atoms with E-state index in [9.17, 15) is 0 Å². The number of carbonyl (C=O) groups excluding carboxylic acids is 1. The van der Waals surface area contributed by atoms with Gasteiger partial charge in [0.2, 0.25) is 0 Å². The summed E-state index contributed by atoms with van der Waals surface area (Å²) >= 11 is 0. The minimum absolute atomic E-state index is 0. The van der Waals surface area contributed by atoms with Crippen molar-refractivity contribution in [1.29, 1.82) is 0 Å². The van der Waals surface area contributed by atoms with Gasteiger partial charge >= 0.3 is 70.2 Å². The molecule has 0 aromatic rings. The first-order valence-electron chi connectivity index (χ1n) is 0.813. The van der Waals surface area contributed by atoms with Crippen molar-refractivity contribution in [3.63, 3.8) is 0 Å². The second-order valence-electron chi connectivity index (χ2n) is 0.236. The summed E-state index contributed by atoms with van der Waals surface area (Å²) in [6.07, 6.45) is 0.750. The van der Waals surface area contributed by atoms with Gasteiger partial charge < -0.3 is 4.79 Å². The van der Waals surface area contributed by atoms with Crippen LogP contribution in [0.3, 0.4) is 0 Å². The Kier molecular flexibility index (Phi) is 53.2. The number of carbonyl (C=O) groups is 1. The second kappa shape index (κ2) is 16.8. The van der Waals surface area contributed by atoms with Crippen molar-refractivity contribution < 1.29 is 4.79 Å². The van der Waals surface area contributed by atoms with E-state index >= 15 is 0 Å². The number of hydrogen-bond acceptors (Lipinski definition) is 1. The Balaban J connectivity index is -0.0000000200. The van der Waals surface area contributed by atoms with Gasteiger partial charge in [0.1, 0.15) is 6.29 Å².